The van der Waals surface area contributed by atoms with Crippen molar-refractivity contribution in [1.29, 1.82) is 0 Å². The van der Waals surface area contributed by atoms with Gasteiger partial charge in [0, 0.05) is 16.6 Å². The number of fused-ring (bicyclic) bond motifs is 1. The van der Waals surface area contributed by atoms with Crippen molar-refractivity contribution in [2.75, 3.05) is 0 Å². The predicted octanol–water partition coefficient (Wildman–Crippen LogP) is 3.43. The zero-order valence-electron chi connectivity index (χ0n) is 7.76. The summed E-state index contributed by atoms with van der Waals surface area (Å²) >= 11 is 0. The summed E-state index contributed by atoms with van der Waals surface area (Å²) in [5.74, 6) is 0.257. The van der Waals surface area contributed by atoms with Crippen LogP contribution >= 0.6 is 0 Å². The average Bonchev–Trinajstić information content (AvgIpc) is 2.49. The molecule has 0 amide bonds. The molecule has 1 N–H and O–H groups in total. The third-order valence-corrected chi connectivity index (χ3v) is 2.25. The third-order valence-electron chi connectivity index (χ3n) is 2.25. The van der Waals surface area contributed by atoms with Crippen LogP contribution in [0, 0.1) is 5.82 Å². The van der Waals surface area contributed by atoms with E-state index in [-0.39, 0.29) is 5.82 Å². The Kier molecular flexibility index (Phi) is 1.83. The minimum absolute atomic E-state index is 0.152. The highest BCUT2D eigenvalue weighted by atomic mass is 19.1. The van der Waals surface area contributed by atoms with E-state index in [9.17, 15) is 4.39 Å². The van der Waals surface area contributed by atoms with Crippen LogP contribution in [0.1, 0.15) is 25.5 Å². The fraction of sp³-hybridized carbons (Fsp3) is 0.273. The summed E-state index contributed by atoms with van der Waals surface area (Å²) in [6.45, 7) is 4.17. The van der Waals surface area contributed by atoms with Crippen LogP contribution in [0.5, 0.6) is 0 Å². The van der Waals surface area contributed by atoms with Crippen LogP contribution in [-0.4, -0.2) is 4.98 Å². The average molecular weight is 177 g/mol. The predicted molar refractivity (Wildman–Crippen MR) is 52.3 cm³/mol. The highest BCUT2D eigenvalue weighted by molar-refractivity contribution is 5.81. The van der Waals surface area contributed by atoms with E-state index < -0.39 is 0 Å². The molecule has 0 aliphatic heterocycles. The van der Waals surface area contributed by atoms with E-state index in [4.69, 9.17) is 0 Å². The van der Waals surface area contributed by atoms with Gasteiger partial charge in [0.05, 0.1) is 0 Å². The second-order valence-electron chi connectivity index (χ2n) is 3.58. The molecule has 0 radical (unpaired) electrons. The summed E-state index contributed by atoms with van der Waals surface area (Å²) in [5.41, 5.74) is 1.96. The van der Waals surface area contributed by atoms with Crippen molar-refractivity contribution in [3.05, 3.63) is 35.8 Å². The van der Waals surface area contributed by atoms with Crippen molar-refractivity contribution in [2.24, 2.45) is 0 Å². The van der Waals surface area contributed by atoms with Gasteiger partial charge in [-0.15, -0.1) is 0 Å². The van der Waals surface area contributed by atoms with Gasteiger partial charge >= 0.3 is 0 Å². The second kappa shape index (κ2) is 2.87. The van der Waals surface area contributed by atoms with E-state index in [1.165, 1.54) is 6.07 Å². The SMILES string of the molecule is CC(C)c1cc2c(F)cccc2[nH]1. The maximum atomic E-state index is 13.2. The van der Waals surface area contributed by atoms with E-state index in [2.05, 4.69) is 18.8 Å². The van der Waals surface area contributed by atoms with Crippen molar-refractivity contribution in [1.82, 2.24) is 4.98 Å². The number of benzene rings is 1. The molecule has 1 aromatic heterocycles. The maximum Gasteiger partial charge on any atom is 0.132 e. The number of rotatable bonds is 1. The third kappa shape index (κ3) is 1.32. The van der Waals surface area contributed by atoms with E-state index >= 15 is 0 Å². The fourth-order valence-corrected chi connectivity index (χ4v) is 1.45. The van der Waals surface area contributed by atoms with Gasteiger partial charge in [-0.3, -0.25) is 0 Å². The molecule has 0 fully saturated rings. The zero-order valence-corrected chi connectivity index (χ0v) is 7.76. The number of nitrogens with one attached hydrogen (secondary N) is 1. The lowest BCUT2D eigenvalue weighted by Crippen LogP contribution is -1.84. The monoisotopic (exact) mass is 177 g/mol. The Bertz CT molecular complexity index is 429. The molecule has 2 aromatic rings. The van der Waals surface area contributed by atoms with Gasteiger partial charge in [-0.1, -0.05) is 19.9 Å². The van der Waals surface area contributed by atoms with Gasteiger partial charge in [0.2, 0.25) is 0 Å². The minimum Gasteiger partial charge on any atom is -0.358 e. The van der Waals surface area contributed by atoms with Gasteiger partial charge in [-0.05, 0) is 24.1 Å². The summed E-state index contributed by atoms with van der Waals surface area (Å²) in [4.78, 5) is 3.20. The molecule has 0 aliphatic carbocycles. The van der Waals surface area contributed by atoms with Gasteiger partial charge < -0.3 is 4.98 Å². The van der Waals surface area contributed by atoms with Crippen LogP contribution in [0.2, 0.25) is 0 Å². The molecule has 0 unspecified atom stereocenters. The van der Waals surface area contributed by atoms with Crippen LogP contribution in [0.25, 0.3) is 10.9 Å². The van der Waals surface area contributed by atoms with Crippen molar-refractivity contribution in [3.63, 3.8) is 0 Å². The number of hydrogen-bond acceptors (Lipinski definition) is 0. The maximum absolute atomic E-state index is 13.2. The van der Waals surface area contributed by atoms with Crippen LogP contribution < -0.4 is 0 Å². The zero-order chi connectivity index (χ0) is 9.42. The first-order valence-corrected chi connectivity index (χ1v) is 4.45. The first-order valence-electron chi connectivity index (χ1n) is 4.45. The molecule has 1 nitrogen and oxygen atoms in total. The van der Waals surface area contributed by atoms with Gasteiger partial charge in [-0.25, -0.2) is 4.39 Å². The van der Waals surface area contributed by atoms with Gasteiger partial charge in [-0.2, -0.15) is 0 Å². The number of halogens is 1. The quantitative estimate of drug-likeness (QED) is 0.686. The lowest BCUT2D eigenvalue weighted by Gasteiger charge is -1.97. The Morgan fingerprint density at radius 1 is 1.31 bits per heavy atom. The lowest BCUT2D eigenvalue weighted by molar-refractivity contribution is 0.640. The molecule has 2 heteroatoms. The minimum atomic E-state index is -0.152. The Morgan fingerprint density at radius 3 is 2.69 bits per heavy atom. The van der Waals surface area contributed by atoms with Crippen LogP contribution in [0.15, 0.2) is 24.3 Å². The van der Waals surface area contributed by atoms with Crippen LogP contribution in [-0.2, 0) is 0 Å². The molecule has 0 saturated heterocycles. The van der Waals surface area contributed by atoms with Crippen molar-refractivity contribution in [3.8, 4) is 0 Å². The summed E-state index contributed by atoms with van der Waals surface area (Å²) in [7, 11) is 0. The molecule has 0 aliphatic rings. The molecule has 68 valence electrons. The molecular formula is C11H12FN. The van der Waals surface area contributed by atoms with Gasteiger partial charge in [0.25, 0.3) is 0 Å². The molecule has 0 bridgehead atoms. The normalized spacial score (nSPS) is 11.4. The summed E-state index contributed by atoms with van der Waals surface area (Å²) in [6, 6.07) is 6.98. The molecule has 1 aromatic carbocycles. The topological polar surface area (TPSA) is 15.8 Å². The molecule has 13 heavy (non-hydrogen) atoms. The first-order chi connectivity index (χ1) is 6.18. The highest BCUT2D eigenvalue weighted by Gasteiger charge is 2.06. The van der Waals surface area contributed by atoms with E-state index in [1.54, 1.807) is 6.07 Å². The Morgan fingerprint density at radius 2 is 2.08 bits per heavy atom. The highest BCUT2D eigenvalue weighted by Crippen LogP contribution is 2.22. The van der Waals surface area contributed by atoms with Crippen molar-refractivity contribution >= 4 is 10.9 Å². The molecule has 0 atom stereocenters. The molecule has 0 spiro atoms. The Hall–Kier alpha value is -1.31. The lowest BCUT2D eigenvalue weighted by atomic mass is 10.1. The van der Waals surface area contributed by atoms with Gasteiger partial charge in [0.15, 0.2) is 0 Å². The van der Waals surface area contributed by atoms with Crippen LogP contribution in [0.3, 0.4) is 0 Å². The molecule has 0 saturated carbocycles. The smallest absolute Gasteiger partial charge is 0.132 e. The van der Waals surface area contributed by atoms with E-state index in [1.807, 2.05) is 12.1 Å². The Balaban J connectivity index is 2.68. The number of aromatic nitrogens is 1. The second-order valence-corrected chi connectivity index (χ2v) is 3.58. The largest absolute Gasteiger partial charge is 0.358 e. The van der Waals surface area contributed by atoms with E-state index in [0.29, 0.717) is 11.3 Å². The van der Waals surface area contributed by atoms with E-state index in [0.717, 1.165) is 11.2 Å². The molecular weight excluding hydrogens is 165 g/mol. The van der Waals surface area contributed by atoms with Crippen molar-refractivity contribution in [2.45, 2.75) is 19.8 Å². The number of hydrogen-bond donors (Lipinski definition) is 1. The fourth-order valence-electron chi connectivity index (χ4n) is 1.45. The van der Waals surface area contributed by atoms with Gasteiger partial charge in [0.1, 0.15) is 5.82 Å². The Labute approximate surface area is 76.6 Å². The molecule has 1 heterocycles. The van der Waals surface area contributed by atoms with Crippen LogP contribution in [0.4, 0.5) is 4.39 Å². The molecule has 2 rings (SSSR count). The summed E-state index contributed by atoms with van der Waals surface area (Å²) in [5, 5.41) is 0.686. The summed E-state index contributed by atoms with van der Waals surface area (Å²) < 4.78 is 13.2. The summed E-state index contributed by atoms with van der Waals surface area (Å²) in [6.07, 6.45) is 0. The first kappa shape index (κ1) is 8.30. The standard InChI is InChI=1S/C11H12FN/c1-7(2)11-6-8-9(12)4-3-5-10(8)13-11/h3-7,13H,1-2H3. The number of aromatic amines is 1. The van der Waals surface area contributed by atoms with Crippen molar-refractivity contribution < 1.29 is 4.39 Å². The number of H-pyrrole nitrogens is 1.